The van der Waals surface area contributed by atoms with Crippen LogP contribution in [0.1, 0.15) is 69.8 Å². The molecule has 1 aromatic heterocycles. The van der Waals surface area contributed by atoms with Crippen molar-refractivity contribution in [3.05, 3.63) is 17.7 Å². The molecule has 0 unspecified atom stereocenters. The van der Waals surface area contributed by atoms with E-state index in [4.69, 9.17) is 0 Å². The summed E-state index contributed by atoms with van der Waals surface area (Å²) in [6.45, 7) is 4.28. The van der Waals surface area contributed by atoms with Crippen LogP contribution in [0.2, 0.25) is 0 Å². The third-order valence-electron chi connectivity index (χ3n) is 3.05. The van der Waals surface area contributed by atoms with Gasteiger partial charge in [0, 0.05) is 6.20 Å². The van der Waals surface area contributed by atoms with Gasteiger partial charge in [0.05, 0.1) is 5.69 Å². The molecule has 17 heavy (non-hydrogen) atoms. The zero-order valence-corrected chi connectivity index (χ0v) is 12.1. The average molecular weight is 259 g/mol. The summed E-state index contributed by atoms with van der Waals surface area (Å²) in [5, 5.41) is 0. The Morgan fingerprint density at radius 2 is 1.59 bits per heavy atom. The third kappa shape index (κ3) is 8.25. The Bertz CT molecular complexity index is 271. The number of aromatic amines is 1. The molecule has 0 aliphatic heterocycles. The van der Waals surface area contributed by atoms with Gasteiger partial charge in [0.2, 0.25) is 0 Å². The molecule has 0 fully saturated rings. The third-order valence-corrected chi connectivity index (χ3v) is 3.05. The highest BCUT2D eigenvalue weighted by Crippen LogP contribution is 2.10. The first-order valence-corrected chi connectivity index (χ1v) is 6.84. The monoisotopic (exact) mass is 258 g/mol. The summed E-state index contributed by atoms with van der Waals surface area (Å²) in [6, 6.07) is 0. The van der Waals surface area contributed by atoms with Crippen molar-refractivity contribution in [2.75, 3.05) is 0 Å². The number of unbranched alkanes of at least 4 members (excludes halogenated alkanes) is 7. The molecule has 1 rings (SSSR count). The van der Waals surface area contributed by atoms with Gasteiger partial charge in [-0.2, -0.15) is 0 Å². The summed E-state index contributed by atoms with van der Waals surface area (Å²) in [5.41, 5.74) is 1.23. The van der Waals surface area contributed by atoms with Gasteiger partial charge in [0.1, 0.15) is 5.82 Å². The van der Waals surface area contributed by atoms with Crippen LogP contribution >= 0.6 is 12.4 Å². The topological polar surface area (TPSA) is 28.7 Å². The van der Waals surface area contributed by atoms with Gasteiger partial charge < -0.3 is 4.98 Å². The summed E-state index contributed by atoms with van der Waals surface area (Å²) in [5.74, 6) is 1.04. The fourth-order valence-electron chi connectivity index (χ4n) is 2.04. The second kappa shape index (κ2) is 10.6. The Balaban J connectivity index is 0.00000256. The molecule has 2 nitrogen and oxygen atoms in total. The Morgan fingerprint density at radius 1 is 1.00 bits per heavy atom. The lowest BCUT2D eigenvalue weighted by molar-refractivity contribution is 0.574. The number of halogens is 1. The molecule has 0 atom stereocenters. The van der Waals surface area contributed by atoms with E-state index in [9.17, 15) is 0 Å². The predicted molar refractivity (Wildman–Crippen MR) is 76.9 cm³/mol. The molecule has 0 spiro atoms. The van der Waals surface area contributed by atoms with Gasteiger partial charge in [-0.1, -0.05) is 51.9 Å². The molecule has 1 N–H and O–H groups in total. The number of H-pyrrole nitrogens is 1. The van der Waals surface area contributed by atoms with E-state index < -0.39 is 0 Å². The van der Waals surface area contributed by atoms with Crippen molar-refractivity contribution >= 4 is 12.4 Å². The Labute approximate surface area is 112 Å². The van der Waals surface area contributed by atoms with Crippen molar-refractivity contribution < 1.29 is 0 Å². The van der Waals surface area contributed by atoms with Gasteiger partial charge in [0.25, 0.3) is 0 Å². The Morgan fingerprint density at radius 3 is 2.12 bits per heavy atom. The molecular weight excluding hydrogens is 232 g/mol. The number of rotatable bonds is 9. The number of imidazole rings is 1. The lowest BCUT2D eigenvalue weighted by atomic mass is 10.1. The summed E-state index contributed by atoms with van der Waals surface area (Å²) >= 11 is 0. The van der Waals surface area contributed by atoms with Crippen molar-refractivity contribution in [1.29, 1.82) is 0 Å². The smallest absolute Gasteiger partial charge is 0.103 e. The summed E-state index contributed by atoms with van der Waals surface area (Å²) in [4.78, 5) is 7.55. The highest BCUT2D eigenvalue weighted by Gasteiger charge is 1.97. The maximum atomic E-state index is 4.41. The first kappa shape index (κ1) is 16.5. The highest BCUT2D eigenvalue weighted by atomic mass is 35.5. The molecule has 1 aromatic rings. The summed E-state index contributed by atoms with van der Waals surface area (Å²) < 4.78 is 0. The van der Waals surface area contributed by atoms with Crippen LogP contribution in [-0.2, 0) is 6.42 Å². The molecular formula is C14H27ClN2. The van der Waals surface area contributed by atoms with Crippen molar-refractivity contribution in [1.82, 2.24) is 9.97 Å². The zero-order chi connectivity index (χ0) is 11.6. The lowest BCUT2D eigenvalue weighted by Crippen LogP contribution is -1.86. The van der Waals surface area contributed by atoms with E-state index in [0.29, 0.717) is 0 Å². The molecule has 0 bridgehead atoms. The zero-order valence-electron chi connectivity index (χ0n) is 11.3. The highest BCUT2D eigenvalue weighted by molar-refractivity contribution is 5.85. The minimum absolute atomic E-state index is 0. The van der Waals surface area contributed by atoms with Crippen LogP contribution in [0, 0.1) is 6.92 Å². The Hall–Kier alpha value is -0.500. The first-order valence-electron chi connectivity index (χ1n) is 6.84. The Kier molecular flexibility index (Phi) is 10.3. The van der Waals surface area contributed by atoms with Gasteiger partial charge >= 0.3 is 0 Å². The van der Waals surface area contributed by atoms with Crippen LogP contribution in [0.5, 0.6) is 0 Å². The van der Waals surface area contributed by atoms with Crippen molar-refractivity contribution in [3.8, 4) is 0 Å². The molecule has 0 aliphatic carbocycles. The van der Waals surface area contributed by atoms with E-state index in [1.54, 1.807) is 0 Å². The first-order chi connectivity index (χ1) is 7.83. The minimum Gasteiger partial charge on any atom is -0.349 e. The summed E-state index contributed by atoms with van der Waals surface area (Å²) in [7, 11) is 0. The molecule has 1 heterocycles. The van der Waals surface area contributed by atoms with E-state index in [2.05, 4.69) is 16.9 Å². The minimum atomic E-state index is 0. The number of aromatic nitrogens is 2. The quantitative estimate of drug-likeness (QED) is 0.632. The van der Waals surface area contributed by atoms with Crippen LogP contribution in [0.4, 0.5) is 0 Å². The molecule has 0 amide bonds. The molecule has 0 saturated heterocycles. The maximum Gasteiger partial charge on any atom is 0.103 e. The van der Waals surface area contributed by atoms with Crippen LogP contribution in [0.25, 0.3) is 0 Å². The van der Waals surface area contributed by atoms with Crippen LogP contribution in [0.3, 0.4) is 0 Å². The molecule has 0 aromatic carbocycles. The molecule has 3 heteroatoms. The SMILES string of the molecule is CCCCCCCCCCc1c[nH]c(C)n1.Cl. The number of nitrogens with zero attached hydrogens (tertiary/aromatic N) is 1. The second-order valence-corrected chi connectivity index (χ2v) is 4.70. The lowest BCUT2D eigenvalue weighted by Gasteiger charge is -2.00. The fraction of sp³-hybridized carbons (Fsp3) is 0.786. The van der Waals surface area contributed by atoms with E-state index in [1.165, 1.54) is 57.1 Å². The maximum absolute atomic E-state index is 4.41. The van der Waals surface area contributed by atoms with Gasteiger partial charge in [0.15, 0.2) is 0 Å². The van der Waals surface area contributed by atoms with Crippen molar-refractivity contribution in [3.63, 3.8) is 0 Å². The molecule has 0 aliphatic rings. The number of aryl methyl sites for hydroxylation is 2. The van der Waals surface area contributed by atoms with Gasteiger partial charge in [-0.3, -0.25) is 0 Å². The van der Waals surface area contributed by atoms with E-state index in [1.807, 2.05) is 13.1 Å². The number of hydrogen-bond acceptors (Lipinski definition) is 1. The van der Waals surface area contributed by atoms with Gasteiger partial charge in [-0.25, -0.2) is 4.98 Å². The molecule has 0 saturated carbocycles. The predicted octanol–water partition coefficient (Wildman–Crippen LogP) is 4.82. The average Bonchev–Trinajstić information content (AvgIpc) is 2.68. The normalized spacial score (nSPS) is 10.2. The largest absolute Gasteiger partial charge is 0.349 e. The van der Waals surface area contributed by atoms with E-state index >= 15 is 0 Å². The van der Waals surface area contributed by atoms with E-state index in [0.717, 1.165) is 12.2 Å². The summed E-state index contributed by atoms with van der Waals surface area (Å²) in [6.07, 6.45) is 14.2. The van der Waals surface area contributed by atoms with Crippen LogP contribution in [0.15, 0.2) is 6.20 Å². The van der Waals surface area contributed by atoms with E-state index in [-0.39, 0.29) is 12.4 Å². The fourth-order valence-corrected chi connectivity index (χ4v) is 2.04. The van der Waals surface area contributed by atoms with Crippen LogP contribution in [-0.4, -0.2) is 9.97 Å². The van der Waals surface area contributed by atoms with Crippen molar-refractivity contribution in [2.24, 2.45) is 0 Å². The number of hydrogen-bond donors (Lipinski definition) is 1. The second-order valence-electron chi connectivity index (χ2n) is 4.70. The van der Waals surface area contributed by atoms with Crippen LogP contribution < -0.4 is 0 Å². The van der Waals surface area contributed by atoms with Gasteiger partial charge in [-0.15, -0.1) is 12.4 Å². The molecule has 100 valence electrons. The van der Waals surface area contributed by atoms with Crippen molar-refractivity contribution in [2.45, 2.75) is 71.6 Å². The number of nitrogens with one attached hydrogen (secondary N) is 1. The molecule has 0 radical (unpaired) electrons. The standard InChI is InChI=1S/C14H26N2.ClH/c1-3-4-5-6-7-8-9-10-11-14-12-15-13(2)16-14;/h12H,3-11H2,1-2H3,(H,15,16);1H. The van der Waals surface area contributed by atoms with Gasteiger partial charge in [-0.05, 0) is 19.8 Å².